The van der Waals surface area contributed by atoms with Crippen LogP contribution in [0, 0.1) is 23.7 Å². The van der Waals surface area contributed by atoms with Crippen molar-refractivity contribution in [1.29, 1.82) is 0 Å². The molecule has 2 aliphatic rings. The lowest BCUT2D eigenvalue weighted by Gasteiger charge is -2.29. The molecule has 5 nitrogen and oxygen atoms in total. The molecular formula is C12H14O5. The van der Waals surface area contributed by atoms with Gasteiger partial charge in [0.05, 0.1) is 18.3 Å². The fourth-order valence-electron chi connectivity index (χ4n) is 2.72. The standard InChI is InChI=1S/C12H14O5/c1-2-6-3-4-7(5-8(13)14)10-9(6)11(15)17-12(10)16/h3-4,6-7,9-10H,2,5H2,1H3,(H,13,14). The van der Waals surface area contributed by atoms with Crippen molar-refractivity contribution in [1.82, 2.24) is 0 Å². The Morgan fingerprint density at radius 2 is 1.76 bits per heavy atom. The van der Waals surface area contributed by atoms with Crippen LogP contribution in [0.4, 0.5) is 0 Å². The highest BCUT2D eigenvalue weighted by molar-refractivity contribution is 5.97. The number of esters is 2. The number of allylic oxidation sites excluding steroid dienone is 2. The molecule has 1 N–H and O–H groups in total. The van der Waals surface area contributed by atoms with Gasteiger partial charge in [0, 0.05) is 5.92 Å². The normalized spacial score (nSPS) is 35.6. The van der Waals surface area contributed by atoms with Gasteiger partial charge in [-0.1, -0.05) is 19.1 Å². The summed E-state index contributed by atoms with van der Waals surface area (Å²) in [5.41, 5.74) is 0. The molecule has 1 saturated heterocycles. The van der Waals surface area contributed by atoms with Crippen LogP contribution in [0.2, 0.25) is 0 Å². The van der Waals surface area contributed by atoms with Gasteiger partial charge in [0.15, 0.2) is 0 Å². The molecule has 0 aromatic carbocycles. The van der Waals surface area contributed by atoms with Crippen LogP contribution in [-0.2, 0) is 19.1 Å². The molecule has 1 fully saturated rings. The van der Waals surface area contributed by atoms with Crippen molar-refractivity contribution < 1.29 is 24.2 Å². The second kappa shape index (κ2) is 4.31. The number of ether oxygens (including phenoxy) is 1. The van der Waals surface area contributed by atoms with Gasteiger partial charge in [0.2, 0.25) is 0 Å². The van der Waals surface area contributed by atoms with Gasteiger partial charge in [-0.3, -0.25) is 14.4 Å². The second-order valence-corrected chi connectivity index (χ2v) is 4.51. The largest absolute Gasteiger partial charge is 0.481 e. The number of carbonyl (C=O) groups is 3. The van der Waals surface area contributed by atoms with E-state index in [1.54, 1.807) is 6.08 Å². The average Bonchev–Trinajstić information content (AvgIpc) is 2.55. The van der Waals surface area contributed by atoms with Gasteiger partial charge in [0.25, 0.3) is 0 Å². The number of hydrogen-bond acceptors (Lipinski definition) is 4. The third-order valence-corrected chi connectivity index (χ3v) is 3.54. The number of fused-ring (bicyclic) bond motifs is 1. The van der Waals surface area contributed by atoms with E-state index in [-0.39, 0.29) is 12.3 Å². The molecule has 17 heavy (non-hydrogen) atoms. The predicted octanol–water partition coefficient (Wildman–Crippen LogP) is 0.989. The van der Waals surface area contributed by atoms with Crippen LogP contribution in [0.3, 0.4) is 0 Å². The summed E-state index contributed by atoms with van der Waals surface area (Å²) in [6.07, 6.45) is 4.17. The zero-order valence-corrected chi connectivity index (χ0v) is 9.46. The fourth-order valence-corrected chi connectivity index (χ4v) is 2.72. The molecule has 0 radical (unpaired) electrons. The van der Waals surface area contributed by atoms with Crippen LogP contribution in [0.1, 0.15) is 19.8 Å². The van der Waals surface area contributed by atoms with Crippen molar-refractivity contribution in [3.05, 3.63) is 12.2 Å². The summed E-state index contributed by atoms with van der Waals surface area (Å²) in [7, 11) is 0. The maximum Gasteiger partial charge on any atom is 0.318 e. The van der Waals surface area contributed by atoms with Gasteiger partial charge in [-0.05, 0) is 12.3 Å². The van der Waals surface area contributed by atoms with Crippen molar-refractivity contribution >= 4 is 17.9 Å². The highest BCUT2D eigenvalue weighted by Crippen LogP contribution is 2.42. The van der Waals surface area contributed by atoms with Gasteiger partial charge in [-0.2, -0.15) is 0 Å². The van der Waals surface area contributed by atoms with Crippen molar-refractivity contribution in [2.45, 2.75) is 19.8 Å². The molecule has 0 aromatic heterocycles. The number of hydrogen-bond donors (Lipinski definition) is 1. The minimum Gasteiger partial charge on any atom is -0.481 e. The monoisotopic (exact) mass is 238 g/mol. The average molecular weight is 238 g/mol. The topological polar surface area (TPSA) is 80.7 Å². The van der Waals surface area contributed by atoms with Gasteiger partial charge < -0.3 is 9.84 Å². The Kier molecular flexibility index (Phi) is 3.00. The van der Waals surface area contributed by atoms with E-state index in [1.165, 1.54) is 0 Å². The van der Waals surface area contributed by atoms with E-state index in [4.69, 9.17) is 5.11 Å². The molecule has 0 saturated carbocycles. The highest BCUT2D eigenvalue weighted by atomic mass is 16.6. The summed E-state index contributed by atoms with van der Waals surface area (Å²) in [5, 5.41) is 8.79. The quantitative estimate of drug-likeness (QED) is 0.450. The zero-order valence-electron chi connectivity index (χ0n) is 9.46. The van der Waals surface area contributed by atoms with Crippen LogP contribution in [0.25, 0.3) is 0 Å². The Hall–Kier alpha value is -1.65. The molecule has 0 aromatic rings. The maximum absolute atomic E-state index is 11.6. The van der Waals surface area contributed by atoms with Crippen LogP contribution < -0.4 is 0 Å². The first kappa shape index (κ1) is 11.8. The number of carbonyl (C=O) groups excluding carboxylic acids is 2. The first-order valence-corrected chi connectivity index (χ1v) is 5.70. The van der Waals surface area contributed by atoms with E-state index in [0.29, 0.717) is 0 Å². The summed E-state index contributed by atoms with van der Waals surface area (Å²) in [6, 6.07) is 0. The Labute approximate surface area is 98.4 Å². The van der Waals surface area contributed by atoms with E-state index < -0.39 is 35.7 Å². The lowest BCUT2D eigenvalue weighted by molar-refractivity contribution is -0.154. The summed E-state index contributed by atoms with van der Waals surface area (Å²) in [4.78, 5) is 33.9. The third kappa shape index (κ3) is 1.97. The summed E-state index contributed by atoms with van der Waals surface area (Å²) in [5.74, 6) is -3.63. The van der Waals surface area contributed by atoms with Crippen LogP contribution in [-0.4, -0.2) is 23.0 Å². The lowest BCUT2D eigenvalue weighted by atomic mass is 9.70. The van der Waals surface area contributed by atoms with E-state index in [0.717, 1.165) is 6.42 Å². The smallest absolute Gasteiger partial charge is 0.318 e. The molecule has 4 unspecified atom stereocenters. The molecule has 4 atom stereocenters. The zero-order chi connectivity index (χ0) is 12.6. The molecule has 1 heterocycles. The van der Waals surface area contributed by atoms with E-state index in [9.17, 15) is 14.4 Å². The van der Waals surface area contributed by atoms with Gasteiger partial charge in [-0.25, -0.2) is 0 Å². The minimum atomic E-state index is -0.972. The molecule has 5 heteroatoms. The predicted molar refractivity (Wildman–Crippen MR) is 56.7 cm³/mol. The van der Waals surface area contributed by atoms with Crippen molar-refractivity contribution in [2.75, 3.05) is 0 Å². The van der Waals surface area contributed by atoms with Crippen LogP contribution >= 0.6 is 0 Å². The number of carboxylic acid groups (broad SMARTS) is 1. The fraction of sp³-hybridized carbons (Fsp3) is 0.583. The van der Waals surface area contributed by atoms with E-state index >= 15 is 0 Å². The molecule has 1 aliphatic carbocycles. The molecule has 1 aliphatic heterocycles. The molecule has 2 rings (SSSR count). The SMILES string of the molecule is CCC1C=CC(CC(=O)O)C2C(=O)OC(=O)C12. The lowest BCUT2D eigenvalue weighted by Crippen LogP contribution is -2.34. The Balaban J connectivity index is 2.30. The number of carboxylic acids is 1. The van der Waals surface area contributed by atoms with E-state index in [2.05, 4.69) is 4.74 Å². The molecule has 0 amide bonds. The molecule has 92 valence electrons. The van der Waals surface area contributed by atoms with Crippen molar-refractivity contribution in [3.8, 4) is 0 Å². The van der Waals surface area contributed by atoms with Gasteiger partial charge >= 0.3 is 17.9 Å². The van der Waals surface area contributed by atoms with Gasteiger partial charge in [-0.15, -0.1) is 0 Å². The van der Waals surface area contributed by atoms with Crippen LogP contribution in [0.5, 0.6) is 0 Å². The summed E-state index contributed by atoms with van der Waals surface area (Å²) in [6.45, 7) is 1.93. The number of rotatable bonds is 3. The first-order valence-electron chi connectivity index (χ1n) is 5.70. The molecule has 0 spiro atoms. The summed E-state index contributed by atoms with van der Waals surface area (Å²) < 4.78 is 4.64. The van der Waals surface area contributed by atoms with Crippen molar-refractivity contribution in [2.24, 2.45) is 23.7 Å². The third-order valence-electron chi connectivity index (χ3n) is 3.54. The first-order chi connectivity index (χ1) is 8.04. The Bertz CT molecular complexity index is 398. The summed E-state index contributed by atoms with van der Waals surface area (Å²) >= 11 is 0. The second-order valence-electron chi connectivity index (χ2n) is 4.51. The molecular weight excluding hydrogens is 224 g/mol. The van der Waals surface area contributed by atoms with Crippen molar-refractivity contribution in [3.63, 3.8) is 0 Å². The highest BCUT2D eigenvalue weighted by Gasteiger charge is 2.52. The Morgan fingerprint density at radius 3 is 2.29 bits per heavy atom. The Morgan fingerprint density at radius 1 is 1.24 bits per heavy atom. The van der Waals surface area contributed by atoms with E-state index in [1.807, 2.05) is 13.0 Å². The molecule has 0 bridgehead atoms. The number of aliphatic carboxylic acids is 1. The minimum absolute atomic E-state index is 0.0241. The van der Waals surface area contributed by atoms with Gasteiger partial charge in [0.1, 0.15) is 0 Å². The van der Waals surface area contributed by atoms with Crippen LogP contribution in [0.15, 0.2) is 12.2 Å². The maximum atomic E-state index is 11.6. The number of cyclic esters (lactones) is 2.